The van der Waals surface area contributed by atoms with Gasteiger partial charge in [-0.05, 0) is 50.7 Å². The lowest BCUT2D eigenvalue weighted by Crippen LogP contribution is -2.25. The van der Waals surface area contributed by atoms with E-state index in [4.69, 9.17) is 4.74 Å². The van der Waals surface area contributed by atoms with Crippen molar-refractivity contribution in [3.8, 4) is 5.75 Å². The molecule has 2 heteroatoms. The molecule has 2 rings (SSSR count). The van der Waals surface area contributed by atoms with Gasteiger partial charge < -0.3 is 9.84 Å². The number of benzene rings is 1. The molecule has 1 aromatic rings. The average Bonchev–Trinajstić information content (AvgIpc) is 3.05. The Balaban J connectivity index is 2.51. The molecule has 16 heavy (non-hydrogen) atoms. The first-order valence-corrected chi connectivity index (χ1v) is 5.85. The lowest BCUT2D eigenvalue weighted by Gasteiger charge is -2.27. The number of aliphatic hydroxyl groups is 1. The number of methoxy groups -OCH3 is 1. The molecule has 0 aromatic heterocycles. The van der Waals surface area contributed by atoms with Crippen LogP contribution in [0.3, 0.4) is 0 Å². The molecule has 1 atom stereocenters. The van der Waals surface area contributed by atoms with Crippen LogP contribution in [-0.2, 0) is 5.60 Å². The van der Waals surface area contributed by atoms with Crippen molar-refractivity contribution in [1.29, 1.82) is 0 Å². The predicted octanol–water partition coefficient (Wildman–Crippen LogP) is 2.93. The van der Waals surface area contributed by atoms with Gasteiger partial charge in [-0.15, -0.1) is 0 Å². The lowest BCUT2D eigenvalue weighted by atomic mass is 9.88. The van der Waals surface area contributed by atoms with Gasteiger partial charge in [-0.25, -0.2) is 0 Å². The van der Waals surface area contributed by atoms with E-state index in [0.717, 1.165) is 29.7 Å². The molecule has 0 radical (unpaired) electrons. The average molecular weight is 220 g/mol. The maximum absolute atomic E-state index is 10.6. The summed E-state index contributed by atoms with van der Waals surface area (Å²) in [6, 6.07) is 4.06. The molecule has 0 bridgehead atoms. The van der Waals surface area contributed by atoms with E-state index < -0.39 is 5.60 Å². The third-order valence-corrected chi connectivity index (χ3v) is 3.80. The van der Waals surface area contributed by atoms with Gasteiger partial charge in [0, 0.05) is 5.56 Å². The van der Waals surface area contributed by atoms with Gasteiger partial charge in [0.25, 0.3) is 0 Å². The molecule has 1 unspecified atom stereocenters. The molecule has 1 aliphatic rings. The van der Waals surface area contributed by atoms with Crippen molar-refractivity contribution in [2.75, 3.05) is 7.11 Å². The van der Waals surface area contributed by atoms with E-state index in [1.807, 2.05) is 19.9 Å². The first-order valence-electron chi connectivity index (χ1n) is 5.85. The highest BCUT2D eigenvalue weighted by Gasteiger charge is 2.43. The van der Waals surface area contributed by atoms with E-state index in [0.29, 0.717) is 5.92 Å². The Hall–Kier alpha value is -1.02. The highest BCUT2D eigenvalue weighted by atomic mass is 16.5. The van der Waals surface area contributed by atoms with E-state index in [-0.39, 0.29) is 0 Å². The Morgan fingerprint density at radius 3 is 2.44 bits per heavy atom. The molecule has 2 nitrogen and oxygen atoms in total. The maximum atomic E-state index is 10.6. The van der Waals surface area contributed by atoms with Gasteiger partial charge in [0.05, 0.1) is 12.7 Å². The van der Waals surface area contributed by atoms with Gasteiger partial charge >= 0.3 is 0 Å². The third kappa shape index (κ3) is 1.71. The summed E-state index contributed by atoms with van der Waals surface area (Å²) in [6.07, 6.45) is 2.23. The Morgan fingerprint density at radius 1 is 1.31 bits per heavy atom. The largest absolute Gasteiger partial charge is 0.496 e. The quantitative estimate of drug-likeness (QED) is 0.848. The van der Waals surface area contributed by atoms with Crippen LogP contribution in [0.2, 0.25) is 0 Å². The molecular formula is C14H20O2. The normalized spacial score (nSPS) is 19.3. The third-order valence-electron chi connectivity index (χ3n) is 3.80. The van der Waals surface area contributed by atoms with Gasteiger partial charge in [0.1, 0.15) is 5.75 Å². The summed E-state index contributed by atoms with van der Waals surface area (Å²) in [5, 5.41) is 10.6. The van der Waals surface area contributed by atoms with E-state index in [2.05, 4.69) is 13.0 Å². The summed E-state index contributed by atoms with van der Waals surface area (Å²) in [6.45, 7) is 6.01. The van der Waals surface area contributed by atoms with Gasteiger partial charge in [0.15, 0.2) is 0 Å². The molecule has 1 saturated carbocycles. The molecule has 88 valence electrons. The molecule has 1 fully saturated rings. The fourth-order valence-corrected chi connectivity index (χ4v) is 2.32. The number of ether oxygens (including phenoxy) is 1. The van der Waals surface area contributed by atoms with Crippen LogP contribution in [0.4, 0.5) is 0 Å². The summed E-state index contributed by atoms with van der Waals surface area (Å²) in [4.78, 5) is 0. The van der Waals surface area contributed by atoms with Crippen molar-refractivity contribution >= 4 is 0 Å². The van der Waals surface area contributed by atoms with Crippen molar-refractivity contribution < 1.29 is 9.84 Å². The monoisotopic (exact) mass is 220 g/mol. The molecule has 0 amide bonds. The van der Waals surface area contributed by atoms with E-state index in [9.17, 15) is 5.11 Å². The Morgan fingerprint density at radius 2 is 1.94 bits per heavy atom. The van der Waals surface area contributed by atoms with Crippen molar-refractivity contribution in [3.63, 3.8) is 0 Å². The zero-order chi connectivity index (χ0) is 11.9. The van der Waals surface area contributed by atoms with Crippen molar-refractivity contribution in [2.24, 2.45) is 5.92 Å². The highest BCUT2D eigenvalue weighted by Crippen LogP contribution is 2.48. The van der Waals surface area contributed by atoms with Gasteiger partial charge in [-0.1, -0.05) is 12.1 Å². The molecule has 0 aliphatic heterocycles. The molecule has 0 saturated heterocycles. The smallest absolute Gasteiger partial charge is 0.128 e. The second-order valence-corrected chi connectivity index (χ2v) is 5.01. The summed E-state index contributed by atoms with van der Waals surface area (Å²) < 4.78 is 5.46. The van der Waals surface area contributed by atoms with Crippen LogP contribution in [0.25, 0.3) is 0 Å². The number of hydrogen-bond donors (Lipinski definition) is 1. The van der Waals surface area contributed by atoms with Crippen molar-refractivity contribution in [3.05, 3.63) is 28.8 Å². The zero-order valence-corrected chi connectivity index (χ0v) is 10.5. The summed E-state index contributed by atoms with van der Waals surface area (Å²) >= 11 is 0. The first-order chi connectivity index (χ1) is 7.48. The summed E-state index contributed by atoms with van der Waals surface area (Å²) in [5.74, 6) is 1.24. The minimum Gasteiger partial charge on any atom is -0.496 e. The minimum atomic E-state index is -0.746. The van der Waals surface area contributed by atoms with Gasteiger partial charge in [-0.3, -0.25) is 0 Å². The van der Waals surface area contributed by atoms with Crippen LogP contribution in [0.5, 0.6) is 5.75 Å². The van der Waals surface area contributed by atoms with E-state index in [1.54, 1.807) is 7.11 Å². The highest BCUT2D eigenvalue weighted by molar-refractivity contribution is 5.48. The minimum absolute atomic E-state index is 0.392. The fraction of sp³-hybridized carbons (Fsp3) is 0.571. The Bertz CT molecular complexity index is 403. The molecule has 1 aromatic carbocycles. The van der Waals surface area contributed by atoms with Gasteiger partial charge in [0.2, 0.25) is 0 Å². The molecule has 0 spiro atoms. The maximum Gasteiger partial charge on any atom is 0.128 e. The SMILES string of the molecule is COc1c(C(C)(O)C2CC2)ccc(C)c1C. The molecule has 1 N–H and O–H groups in total. The Kier molecular flexibility index (Phi) is 2.70. The van der Waals surface area contributed by atoms with Crippen LogP contribution in [-0.4, -0.2) is 12.2 Å². The van der Waals surface area contributed by atoms with Crippen molar-refractivity contribution in [1.82, 2.24) is 0 Å². The topological polar surface area (TPSA) is 29.5 Å². The second-order valence-electron chi connectivity index (χ2n) is 5.01. The van der Waals surface area contributed by atoms with Crippen LogP contribution in [0.1, 0.15) is 36.5 Å². The summed E-state index contributed by atoms with van der Waals surface area (Å²) in [7, 11) is 1.67. The standard InChI is InChI=1S/C14H20O2/c1-9-5-8-12(13(16-4)10(9)2)14(3,15)11-6-7-11/h5,8,11,15H,6-7H2,1-4H3. The lowest BCUT2D eigenvalue weighted by molar-refractivity contribution is 0.0306. The van der Waals surface area contributed by atoms with Crippen LogP contribution in [0.15, 0.2) is 12.1 Å². The van der Waals surface area contributed by atoms with Crippen LogP contribution < -0.4 is 4.74 Å². The molecule has 1 aliphatic carbocycles. The van der Waals surface area contributed by atoms with Crippen LogP contribution >= 0.6 is 0 Å². The Labute approximate surface area is 97.3 Å². The van der Waals surface area contributed by atoms with Crippen LogP contribution in [0, 0.1) is 19.8 Å². The summed E-state index contributed by atoms with van der Waals surface area (Å²) in [5.41, 5.74) is 2.51. The molecule has 0 heterocycles. The fourth-order valence-electron chi connectivity index (χ4n) is 2.32. The van der Waals surface area contributed by atoms with E-state index in [1.165, 1.54) is 5.56 Å². The van der Waals surface area contributed by atoms with Crippen molar-refractivity contribution in [2.45, 2.75) is 39.2 Å². The predicted molar refractivity (Wildman–Crippen MR) is 64.8 cm³/mol. The second kappa shape index (κ2) is 3.77. The first kappa shape index (κ1) is 11.5. The number of hydrogen-bond acceptors (Lipinski definition) is 2. The van der Waals surface area contributed by atoms with E-state index >= 15 is 0 Å². The molecular weight excluding hydrogens is 200 g/mol. The number of aryl methyl sites for hydroxylation is 1. The zero-order valence-electron chi connectivity index (χ0n) is 10.5. The van der Waals surface area contributed by atoms with Gasteiger partial charge in [-0.2, -0.15) is 0 Å². The number of rotatable bonds is 3.